The first kappa shape index (κ1) is 14.0. The number of nitrogens with zero attached hydrogens (tertiary/aromatic N) is 2. The standard InChI is InChI=1S/C12H13ClF2N2O2/c13-11-9(19-8-7-18)1-2-10(16-11)17-5-3-12(14,15)4-6-17/h1-2,7H,3-6,8H2. The van der Waals surface area contributed by atoms with Gasteiger partial charge >= 0.3 is 0 Å². The van der Waals surface area contributed by atoms with Gasteiger partial charge in [0.05, 0.1) is 0 Å². The molecule has 1 aromatic heterocycles. The van der Waals surface area contributed by atoms with E-state index in [2.05, 4.69) is 4.98 Å². The van der Waals surface area contributed by atoms with Crippen LogP contribution in [0.3, 0.4) is 0 Å². The molecule has 1 fully saturated rings. The van der Waals surface area contributed by atoms with Crippen molar-refractivity contribution >= 4 is 23.7 Å². The molecule has 1 aliphatic heterocycles. The highest BCUT2D eigenvalue weighted by molar-refractivity contribution is 6.30. The summed E-state index contributed by atoms with van der Waals surface area (Å²) in [6.07, 6.45) is 0.238. The molecule has 7 heteroatoms. The van der Waals surface area contributed by atoms with Crippen molar-refractivity contribution in [2.75, 3.05) is 24.6 Å². The monoisotopic (exact) mass is 290 g/mol. The molecule has 4 nitrogen and oxygen atoms in total. The molecular formula is C12H13ClF2N2O2. The highest BCUT2D eigenvalue weighted by Gasteiger charge is 2.34. The van der Waals surface area contributed by atoms with Crippen molar-refractivity contribution in [1.29, 1.82) is 0 Å². The summed E-state index contributed by atoms with van der Waals surface area (Å²) in [6, 6.07) is 3.23. The maximum Gasteiger partial charge on any atom is 0.251 e. The second-order valence-electron chi connectivity index (χ2n) is 4.28. The van der Waals surface area contributed by atoms with Crippen LogP contribution in [0.1, 0.15) is 12.8 Å². The molecule has 0 saturated carbocycles. The fourth-order valence-electron chi connectivity index (χ4n) is 1.88. The third-order valence-electron chi connectivity index (χ3n) is 2.93. The van der Waals surface area contributed by atoms with E-state index in [1.165, 1.54) is 0 Å². The van der Waals surface area contributed by atoms with Gasteiger partial charge in [0.15, 0.2) is 17.2 Å². The van der Waals surface area contributed by atoms with Gasteiger partial charge in [-0.25, -0.2) is 13.8 Å². The van der Waals surface area contributed by atoms with E-state index < -0.39 is 5.92 Å². The molecule has 0 atom stereocenters. The number of carbonyl (C=O) groups excluding carboxylic acids is 1. The number of rotatable bonds is 4. The molecule has 0 bridgehead atoms. The van der Waals surface area contributed by atoms with Gasteiger partial charge < -0.3 is 9.64 Å². The van der Waals surface area contributed by atoms with Crippen LogP contribution in [0, 0.1) is 0 Å². The van der Waals surface area contributed by atoms with Gasteiger partial charge in [-0.1, -0.05) is 11.6 Å². The predicted molar refractivity (Wildman–Crippen MR) is 67.2 cm³/mol. The molecule has 0 amide bonds. The maximum atomic E-state index is 13.1. The van der Waals surface area contributed by atoms with E-state index >= 15 is 0 Å². The first-order valence-electron chi connectivity index (χ1n) is 5.87. The summed E-state index contributed by atoms with van der Waals surface area (Å²) in [5, 5.41) is 0.122. The van der Waals surface area contributed by atoms with Crippen LogP contribution in [0.5, 0.6) is 5.75 Å². The van der Waals surface area contributed by atoms with Gasteiger partial charge in [-0.05, 0) is 12.1 Å². The van der Waals surface area contributed by atoms with Crippen molar-refractivity contribution in [2.24, 2.45) is 0 Å². The predicted octanol–water partition coefficient (Wildman–Crippen LogP) is 2.55. The van der Waals surface area contributed by atoms with Crippen molar-refractivity contribution in [3.8, 4) is 5.75 Å². The number of piperidine rings is 1. The summed E-state index contributed by atoms with van der Waals surface area (Å²) in [6.45, 7) is 0.381. The van der Waals surface area contributed by atoms with Crippen LogP contribution < -0.4 is 9.64 Å². The van der Waals surface area contributed by atoms with Gasteiger partial charge in [-0.2, -0.15) is 0 Å². The first-order valence-corrected chi connectivity index (χ1v) is 6.25. The number of aromatic nitrogens is 1. The van der Waals surface area contributed by atoms with Crippen LogP contribution >= 0.6 is 11.6 Å². The molecule has 2 rings (SSSR count). The van der Waals surface area contributed by atoms with Crippen molar-refractivity contribution in [3.05, 3.63) is 17.3 Å². The molecule has 0 aromatic carbocycles. The van der Waals surface area contributed by atoms with Crippen molar-refractivity contribution < 1.29 is 18.3 Å². The van der Waals surface area contributed by atoms with E-state index in [0.717, 1.165) is 0 Å². The van der Waals surface area contributed by atoms with E-state index in [1.54, 1.807) is 17.0 Å². The van der Waals surface area contributed by atoms with E-state index in [4.69, 9.17) is 16.3 Å². The van der Waals surface area contributed by atoms with Gasteiger partial charge in [0.1, 0.15) is 12.4 Å². The van der Waals surface area contributed by atoms with Crippen molar-refractivity contribution in [1.82, 2.24) is 4.98 Å². The molecule has 1 aliphatic rings. The lowest BCUT2D eigenvalue weighted by atomic mass is 10.1. The first-order chi connectivity index (χ1) is 9.02. The highest BCUT2D eigenvalue weighted by Crippen LogP contribution is 2.31. The summed E-state index contributed by atoms with van der Waals surface area (Å²) in [5.74, 6) is -1.74. The molecule has 19 heavy (non-hydrogen) atoms. The highest BCUT2D eigenvalue weighted by atomic mass is 35.5. The Bertz CT molecular complexity index is 461. The number of anilines is 1. The Morgan fingerprint density at radius 2 is 2.11 bits per heavy atom. The number of halogens is 3. The van der Waals surface area contributed by atoms with Gasteiger partial charge in [0, 0.05) is 25.9 Å². The summed E-state index contributed by atoms with van der Waals surface area (Å²) in [7, 11) is 0. The molecule has 0 N–H and O–H groups in total. The number of alkyl halides is 2. The van der Waals surface area contributed by atoms with Gasteiger partial charge in [-0.15, -0.1) is 0 Å². The minimum atomic E-state index is -2.59. The molecule has 104 valence electrons. The van der Waals surface area contributed by atoms with E-state index in [1.807, 2.05) is 0 Å². The Morgan fingerprint density at radius 3 is 2.68 bits per heavy atom. The zero-order valence-electron chi connectivity index (χ0n) is 10.1. The molecule has 2 heterocycles. The second kappa shape index (κ2) is 5.69. The molecular weight excluding hydrogens is 278 g/mol. The lowest BCUT2D eigenvalue weighted by Gasteiger charge is -2.32. The quantitative estimate of drug-likeness (QED) is 0.631. The Balaban J connectivity index is 2.06. The van der Waals surface area contributed by atoms with E-state index in [-0.39, 0.29) is 37.7 Å². The third-order valence-corrected chi connectivity index (χ3v) is 3.20. The largest absolute Gasteiger partial charge is 0.483 e. The number of hydrogen-bond donors (Lipinski definition) is 0. The van der Waals surface area contributed by atoms with Crippen LogP contribution in [0.15, 0.2) is 12.1 Å². The number of carbonyl (C=O) groups is 1. The lowest BCUT2D eigenvalue weighted by molar-refractivity contribution is -0.109. The van der Waals surface area contributed by atoms with Gasteiger partial charge in [0.25, 0.3) is 5.92 Å². The Labute approximate surface area is 114 Å². The fraction of sp³-hybridized carbons (Fsp3) is 0.500. The van der Waals surface area contributed by atoms with Crippen LogP contribution in [-0.2, 0) is 4.79 Å². The maximum absolute atomic E-state index is 13.1. The van der Waals surface area contributed by atoms with E-state index in [0.29, 0.717) is 17.9 Å². The average Bonchev–Trinajstić information content (AvgIpc) is 2.37. The third kappa shape index (κ3) is 3.53. The summed E-state index contributed by atoms with van der Waals surface area (Å²) in [4.78, 5) is 16.1. The Kier molecular flexibility index (Phi) is 4.19. The summed E-state index contributed by atoms with van der Waals surface area (Å²) in [5.41, 5.74) is 0. The Morgan fingerprint density at radius 1 is 1.42 bits per heavy atom. The molecule has 0 aliphatic carbocycles. The zero-order chi connectivity index (χ0) is 13.9. The van der Waals surface area contributed by atoms with Gasteiger partial charge in [-0.3, -0.25) is 4.79 Å². The summed E-state index contributed by atoms with van der Waals surface area (Å²) < 4.78 is 31.2. The van der Waals surface area contributed by atoms with Crippen LogP contribution in [0.4, 0.5) is 14.6 Å². The molecule has 1 saturated heterocycles. The normalized spacial score (nSPS) is 18.2. The smallest absolute Gasteiger partial charge is 0.251 e. The SMILES string of the molecule is O=CCOc1ccc(N2CCC(F)(F)CC2)nc1Cl. The minimum Gasteiger partial charge on any atom is -0.483 e. The second-order valence-corrected chi connectivity index (χ2v) is 4.64. The molecule has 0 radical (unpaired) electrons. The molecule has 0 spiro atoms. The van der Waals surface area contributed by atoms with Crippen LogP contribution in [-0.4, -0.2) is 36.9 Å². The van der Waals surface area contributed by atoms with Crippen molar-refractivity contribution in [2.45, 2.75) is 18.8 Å². The fourth-order valence-corrected chi connectivity index (χ4v) is 2.09. The molecule has 1 aromatic rings. The van der Waals surface area contributed by atoms with E-state index in [9.17, 15) is 13.6 Å². The van der Waals surface area contributed by atoms with Crippen molar-refractivity contribution in [3.63, 3.8) is 0 Å². The van der Waals surface area contributed by atoms with Gasteiger partial charge in [0.2, 0.25) is 0 Å². The topological polar surface area (TPSA) is 42.4 Å². The number of pyridine rings is 1. The minimum absolute atomic E-state index is 0.101. The number of hydrogen-bond acceptors (Lipinski definition) is 4. The zero-order valence-corrected chi connectivity index (χ0v) is 10.9. The Hall–Kier alpha value is -1.43. The lowest BCUT2D eigenvalue weighted by Crippen LogP contribution is -2.39. The van der Waals surface area contributed by atoms with Crippen LogP contribution in [0.2, 0.25) is 5.15 Å². The summed E-state index contributed by atoms with van der Waals surface area (Å²) >= 11 is 5.91. The molecule has 0 unspecified atom stereocenters. The van der Waals surface area contributed by atoms with Crippen LogP contribution in [0.25, 0.3) is 0 Å². The average molecular weight is 291 g/mol. The number of aldehydes is 1. The number of ether oxygens (including phenoxy) is 1.